The third kappa shape index (κ3) is 3.64. The minimum absolute atomic E-state index is 0.185. The fourth-order valence-corrected chi connectivity index (χ4v) is 4.46. The van der Waals surface area contributed by atoms with Crippen molar-refractivity contribution in [3.63, 3.8) is 0 Å². The molecule has 1 aliphatic heterocycles. The van der Waals surface area contributed by atoms with E-state index in [1.54, 1.807) is 18.2 Å². The van der Waals surface area contributed by atoms with Gasteiger partial charge >= 0.3 is 5.97 Å². The van der Waals surface area contributed by atoms with Gasteiger partial charge < -0.3 is 9.84 Å². The molecule has 124 valence electrons. The van der Waals surface area contributed by atoms with Crippen molar-refractivity contribution >= 4 is 21.4 Å². The Hall–Kier alpha value is -1.66. The molecule has 5 nitrogen and oxygen atoms in total. The van der Waals surface area contributed by atoms with Crippen molar-refractivity contribution in [3.05, 3.63) is 35.9 Å². The highest BCUT2D eigenvalue weighted by Crippen LogP contribution is 2.34. The fourth-order valence-electron chi connectivity index (χ4n) is 2.80. The van der Waals surface area contributed by atoms with E-state index in [9.17, 15) is 18.3 Å². The molecule has 0 aromatic heterocycles. The summed E-state index contributed by atoms with van der Waals surface area (Å²) in [6, 6.07) is 6.22. The summed E-state index contributed by atoms with van der Waals surface area (Å²) in [6.07, 6.45) is 4.83. The van der Waals surface area contributed by atoms with Gasteiger partial charge in [0.15, 0.2) is 9.84 Å². The van der Waals surface area contributed by atoms with E-state index >= 15 is 0 Å². The molecule has 0 unspecified atom stereocenters. The molecule has 1 saturated heterocycles. The molecule has 6 heteroatoms. The second-order valence-electron chi connectivity index (χ2n) is 6.10. The van der Waals surface area contributed by atoms with Crippen molar-refractivity contribution in [2.45, 2.75) is 35.8 Å². The van der Waals surface area contributed by atoms with E-state index in [1.165, 1.54) is 12.1 Å². The summed E-state index contributed by atoms with van der Waals surface area (Å²) in [4.78, 5) is 11.8. The molecule has 1 heterocycles. The number of hydrogen-bond donors (Lipinski definition) is 1. The van der Waals surface area contributed by atoms with Crippen LogP contribution in [0.15, 0.2) is 35.2 Å². The predicted molar refractivity (Wildman–Crippen MR) is 85.8 cm³/mol. The zero-order valence-electron chi connectivity index (χ0n) is 12.8. The molecular formula is C17H20O5S. The molecule has 0 amide bonds. The fraction of sp³-hybridized carbons (Fsp3) is 0.471. The Morgan fingerprint density at radius 3 is 2.22 bits per heavy atom. The second kappa shape index (κ2) is 6.45. The lowest BCUT2D eigenvalue weighted by Crippen LogP contribution is -2.15. The number of hydrogen-bond acceptors (Lipinski definition) is 4. The molecule has 0 spiro atoms. The molecule has 2 aliphatic rings. The third-order valence-electron chi connectivity index (χ3n) is 4.36. The lowest BCUT2D eigenvalue weighted by Gasteiger charge is -2.19. The summed E-state index contributed by atoms with van der Waals surface area (Å²) < 4.78 is 29.6. The number of allylic oxidation sites excluding steroid dienone is 1. The quantitative estimate of drug-likeness (QED) is 0.836. The number of ether oxygens (including phenoxy) is 1. The van der Waals surface area contributed by atoms with Crippen LogP contribution in [-0.2, 0) is 19.4 Å². The van der Waals surface area contributed by atoms with Gasteiger partial charge in [-0.3, -0.25) is 0 Å². The molecule has 1 aromatic carbocycles. The molecule has 1 aromatic rings. The van der Waals surface area contributed by atoms with Gasteiger partial charge in [-0.25, -0.2) is 13.2 Å². The highest BCUT2D eigenvalue weighted by Gasteiger charge is 2.36. The van der Waals surface area contributed by atoms with Crippen LogP contribution in [0.4, 0.5) is 0 Å². The molecule has 1 saturated carbocycles. The van der Waals surface area contributed by atoms with E-state index in [-0.39, 0.29) is 21.6 Å². The van der Waals surface area contributed by atoms with Crippen molar-refractivity contribution < 1.29 is 23.1 Å². The molecule has 2 fully saturated rings. The zero-order valence-corrected chi connectivity index (χ0v) is 13.6. The minimum Gasteiger partial charge on any atom is -0.478 e. The third-order valence-corrected chi connectivity index (χ3v) is 6.63. The zero-order chi connectivity index (χ0) is 16.4. The number of aliphatic carboxylic acids is 1. The average molecular weight is 336 g/mol. The number of sulfone groups is 1. The van der Waals surface area contributed by atoms with Gasteiger partial charge in [-0.05, 0) is 49.3 Å². The predicted octanol–water partition coefficient (Wildman–Crippen LogP) is 2.52. The standard InChI is InChI=1S/C17H20O5S/c18-17(19)16(11-12-7-9-22-10-8-12)13-1-3-14(4-2-13)23(20,21)15-5-6-15/h1-4,11-12,15H,5-10H2,(H,18,19). The van der Waals surface area contributed by atoms with Crippen LogP contribution in [0.3, 0.4) is 0 Å². The SMILES string of the molecule is O=C(O)C(=CC1CCOCC1)c1ccc(S(=O)(=O)C2CC2)cc1. The van der Waals surface area contributed by atoms with Gasteiger partial charge in [0, 0.05) is 13.2 Å². The summed E-state index contributed by atoms with van der Waals surface area (Å²) in [7, 11) is -3.24. The summed E-state index contributed by atoms with van der Waals surface area (Å²) in [5.41, 5.74) is 0.769. The normalized spacial score (nSPS) is 20.4. The van der Waals surface area contributed by atoms with Crippen LogP contribution in [0.2, 0.25) is 0 Å². The summed E-state index contributed by atoms with van der Waals surface area (Å²) in [5, 5.41) is 9.21. The van der Waals surface area contributed by atoms with E-state index in [0.29, 0.717) is 31.6 Å². The van der Waals surface area contributed by atoms with Crippen molar-refractivity contribution in [2.24, 2.45) is 5.92 Å². The van der Waals surface area contributed by atoms with E-state index in [1.807, 2.05) is 0 Å². The Labute approximate surface area is 135 Å². The molecular weight excluding hydrogens is 316 g/mol. The number of rotatable bonds is 5. The van der Waals surface area contributed by atoms with Crippen molar-refractivity contribution in [3.8, 4) is 0 Å². The first kappa shape index (κ1) is 16.2. The topological polar surface area (TPSA) is 80.7 Å². The van der Waals surface area contributed by atoms with Gasteiger partial charge in [-0.15, -0.1) is 0 Å². The van der Waals surface area contributed by atoms with Gasteiger partial charge in [0.05, 0.1) is 15.7 Å². The van der Waals surface area contributed by atoms with Crippen LogP contribution in [0.1, 0.15) is 31.2 Å². The van der Waals surface area contributed by atoms with Crippen molar-refractivity contribution in [1.29, 1.82) is 0 Å². The first-order valence-corrected chi connectivity index (χ1v) is 9.40. The van der Waals surface area contributed by atoms with Crippen molar-refractivity contribution in [2.75, 3.05) is 13.2 Å². The first-order valence-electron chi connectivity index (χ1n) is 7.85. The molecule has 0 atom stereocenters. The summed E-state index contributed by atoms with van der Waals surface area (Å²) >= 11 is 0. The molecule has 0 bridgehead atoms. The van der Waals surface area contributed by atoms with E-state index in [4.69, 9.17) is 4.74 Å². The monoisotopic (exact) mass is 336 g/mol. The van der Waals surface area contributed by atoms with Crippen LogP contribution in [0, 0.1) is 5.92 Å². The van der Waals surface area contributed by atoms with Gasteiger partial charge in [0.1, 0.15) is 0 Å². The number of benzene rings is 1. The average Bonchev–Trinajstić information content (AvgIpc) is 3.39. The van der Waals surface area contributed by atoms with Crippen LogP contribution in [0.25, 0.3) is 5.57 Å². The molecule has 1 aliphatic carbocycles. The van der Waals surface area contributed by atoms with Gasteiger partial charge in [-0.1, -0.05) is 18.2 Å². The Kier molecular flexibility index (Phi) is 4.55. The van der Waals surface area contributed by atoms with Gasteiger partial charge in [-0.2, -0.15) is 0 Å². The molecule has 3 rings (SSSR count). The van der Waals surface area contributed by atoms with E-state index in [0.717, 1.165) is 12.8 Å². The molecule has 0 radical (unpaired) electrons. The summed E-state index contributed by atoms with van der Waals surface area (Å²) in [6.45, 7) is 1.29. The van der Waals surface area contributed by atoms with Gasteiger partial charge in [0.25, 0.3) is 0 Å². The number of carbonyl (C=O) groups is 1. The van der Waals surface area contributed by atoms with Crippen LogP contribution < -0.4 is 0 Å². The highest BCUT2D eigenvalue weighted by molar-refractivity contribution is 7.92. The lowest BCUT2D eigenvalue weighted by molar-refractivity contribution is -0.130. The Morgan fingerprint density at radius 2 is 1.70 bits per heavy atom. The molecule has 1 N–H and O–H groups in total. The highest BCUT2D eigenvalue weighted by atomic mass is 32.2. The Balaban J connectivity index is 1.85. The maximum absolute atomic E-state index is 12.2. The van der Waals surface area contributed by atoms with E-state index < -0.39 is 15.8 Å². The lowest BCUT2D eigenvalue weighted by atomic mass is 9.94. The van der Waals surface area contributed by atoms with Crippen molar-refractivity contribution in [1.82, 2.24) is 0 Å². The smallest absolute Gasteiger partial charge is 0.335 e. The van der Waals surface area contributed by atoms with E-state index in [2.05, 4.69) is 0 Å². The maximum Gasteiger partial charge on any atom is 0.335 e. The first-order chi connectivity index (χ1) is 11.0. The largest absolute Gasteiger partial charge is 0.478 e. The Morgan fingerprint density at radius 1 is 1.09 bits per heavy atom. The summed E-state index contributed by atoms with van der Waals surface area (Å²) in [5.74, 6) is -0.806. The minimum atomic E-state index is -3.24. The van der Waals surface area contributed by atoms with Crippen LogP contribution >= 0.6 is 0 Å². The Bertz CT molecular complexity index is 708. The second-order valence-corrected chi connectivity index (χ2v) is 8.33. The van der Waals surface area contributed by atoms with Crippen LogP contribution in [0.5, 0.6) is 0 Å². The number of carboxylic acids is 1. The number of carboxylic acid groups (broad SMARTS) is 1. The maximum atomic E-state index is 12.2. The van der Waals surface area contributed by atoms with Crippen LogP contribution in [-0.4, -0.2) is 38.0 Å². The van der Waals surface area contributed by atoms with Gasteiger partial charge in [0.2, 0.25) is 0 Å². The molecule has 23 heavy (non-hydrogen) atoms.